The van der Waals surface area contributed by atoms with E-state index in [0.29, 0.717) is 22.3 Å². The monoisotopic (exact) mass is 304 g/mol. The Balaban J connectivity index is 2.87. The molecule has 0 saturated heterocycles. The van der Waals surface area contributed by atoms with E-state index in [1.165, 1.54) is 0 Å². The first-order valence-electron chi connectivity index (χ1n) is 5.36. The number of carbonyl (C=O) groups is 1. The van der Waals surface area contributed by atoms with Gasteiger partial charge in [0.05, 0.1) is 10.0 Å². The highest BCUT2D eigenvalue weighted by Gasteiger charge is 2.21. The average Bonchev–Trinajstić information content (AvgIpc) is 2.27. The third-order valence-corrected chi connectivity index (χ3v) is 3.27. The Kier molecular flexibility index (Phi) is 5.08. The minimum atomic E-state index is -0.440. The number of halogens is 2. The van der Waals surface area contributed by atoms with Crippen molar-refractivity contribution in [2.75, 3.05) is 0 Å². The van der Waals surface area contributed by atoms with E-state index < -0.39 is 5.41 Å². The average molecular weight is 305 g/mol. The minimum absolute atomic E-state index is 0.0506. The van der Waals surface area contributed by atoms with Gasteiger partial charge in [-0.25, -0.2) is 0 Å². The van der Waals surface area contributed by atoms with Crippen molar-refractivity contribution in [2.45, 2.75) is 27.3 Å². The SMILES string of the molecule is CC(C)(C)C(=O)NCc1ccc(Cl)c(N=S)c1Cl. The fourth-order valence-electron chi connectivity index (χ4n) is 1.24. The highest BCUT2D eigenvalue weighted by Crippen LogP contribution is 2.35. The quantitative estimate of drug-likeness (QED) is 0.916. The molecule has 98 valence electrons. The zero-order valence-electron chi connectivity index (χ0n) is 10.4. The van der Waals surface area contributed by atoms with Crippen molar-refractivity contribution in [3.05, 3.63) is 27.7 Å². The summed E-state index contributed by atoms with van der Waals surface area (Å²) < 4.78 is 3.61. The summed E-state index contributed by atoms with van der Waals surface area (Å²) in [4.78, 5) is 11.7. The molecule has 0 radical (unpaired) electrons. The molecular weight excluding hydrogens is 291 g/mol. The molecule has 0 aliphatic rings. The molecule has 0 atom stereocenters. The Morgan fingerprint density at radius 1 is 1.39 bits per heavy atom. The van der Waals surface area contributed by atoms with Crippen molar-refractivity contribution in [3.8, 4) is 0 Å². The van der Waals surface area contributed by atoms with Crippen LogP contribution in [0.15, 0.2) is 16.5 Å². The molecular formula is C12H14Cl2N2OS. The van der Waals surface area contributed by atoms with Gasteiger partial charge in [-0.2, -0.15) is 4.36 Å². The van der Waals surface area contributed by atoms with Crippen LogP contribution in [0.25, 0.3) is 0 Å². The predicted molar refractivity (Wildman–Crippen MR) is 77.2 cm³/mol. The minimum Gasteiger partial charge on any atom is -0.352 e. The fraction of sp³-hybridized carbons (Fsp3) is 0.417. The number of hydrogen-bond acceptors (Lipinski definition) is 3. The first-order chi connectivity index (χ1) is 8.27. The number of amides is 1. The summed E-state index contributed by atoms with van der Waals surface area (Å²) in [6.45, 7) is 5.85. The highest BCUT2D eigenvalue weighted by atomic mass is 35.5. The van der Waals surface area contributed by atoms with Gasteiger partial charge in [-0.1, -0.05) is 50.0 Å². The number of nitrogens with zero attached hydrogens (tertiary/aromatic N) is 1. The van der Waals surface area contributed by atoms with Crippen LogP contribution >= 0.6 is 23.2 Å². The number of carbonyl (C=O) groups excluding carboxylic acids is 1. The van der Waals surface area contributed by atoms with E-state index in [-0.39, 0.29) is 5.91 Å². The van der Waals surface area contributed by atoms with Crippen molar-refractivity contribution in [1.82, 2.24) is 5.32 Å². The summed E-state index contributed by atoms with van der Waals surface area (Å²) in [7, 11) is 0. The third kappa shape index (κ3) is 3.64. The second-order valence-corrected chi connectivity index (χ2v) is 5.86. The van der Waals surface area contributed by atoms with Gasteiger partial charge in [-0.15, -0.1) is 0 Å². The maximum absolute atomic E-state index is 11.7. The van der Waals surface area contributed by atoms with Crippen molar-refractivity contribution < 1.29 is 4.79 Å². The Bertz CT molecular complexity index is 484. The van der Waals surface area contributed by atoms with Crippen LogP contribution in [0.4, 0.5) is 5.69 Å². The first-order valence-corrected chi connectivity index (χ1v) is 6.48. The molecule has 0 aliphatic carbocycles. The van der Waals surface area contributed by atoms with E-state index in [4.69, 9.17) is 23.2 Å². The second-order valence-electron chi connectivity index (χ2n) is 4.89. The number of benzene rings is 1. The van der Waals surface area contributed by atoms with Crippen molar-refractivity contribution in [3.63, 3.8) is 0 Å². The van der Waals surface area contributed by atoms with E-state index in [1.54, 1.807) is 12.1 Å². The molecule has 1 aromatic carbocycles. The smallest absolute Gasteiger partial charge is 0.225 e. The zero-order chi connectivity index (χ0) is 13.9. The molecule has 1 aromatic rings. The van der Waals surface area contributed by atoms with Crippen LogP contribution in [0.1, 0.15) is 26.3 Å². The van der Waals surface area contributed by atoms with Crippen LogP contribution in [-0.2, 0) is 23.8 Å². The number of nitrogens with one attached hydrogen (secondary N) is 1. The summed E-state index contributed by atoms with van der Waals surface area (Å²) in [5.74, 6) is -0.0506. The Labute approximate surface area is 122 Å². The van der Waals surface area contributed by atoms with Crippen LogP contribution in [0.2, 0.25) is 10.0 Å². The van der Waals surface area contributed by atoms with Gasteiger partial charge in [0.25, 0.3) is 0 Å². The van der Waals surface area contributed by atoms with Gasteiger partial charge in [0.1, 0.15) is 5.69 Å². The fourth-order valence-corrected chi connectivity index (χ4v) is 2.06. The summed E-state index contributed by atoms with van der Waals surface area (Å²) >= 11 is 16.6. The number of rotatable bonds is 3. The van der Waals surface area contributed by atoms with Crippen LogP contribution in [-0.4, -0.2) is 5.91 Å². The van der Waals surface area contributed by atoms with Gasteiger partial charge in [-0.05, 0) is 11.6 Å². The molecule has 0 aliphatic heterocycles. The molecule has 0 fully saturated rings. The lowest BCUT2D eigenvalue weighted by Gasteiger charge is -2.18. The molecule has 18 heavy (non-hydrogen) atoms. The molecule has 0 saturated carbocycles. The normalized spacial score (nSPS) is 11.2. The van der Waals surface area contributed by atoms with E-state index in [0.717, 1.165) is 5.56 Å². The van der Waals surface area contributed by atoms with Gasteiger partial charge < -0.3 is 5.32 Å². The third-order valence-electron chi connectivity index (χ3n) is 2.36. The van der Waals surface area contributed by atoms with Gasteiger partial charge >= 0.3 is 0 Å². The second kappa shape index (κ2) is 5.95. The lowest BCUT2D eigenvalue weighted by Crippen LogP contribution is -2.34. The maximum atomic E-state index is 11.7. The van der Waals surface area contributed by atoms with Crippen molar-refractivity contribution in [1.29, 1.82) is 0 Å². The van der Waals surface area contributed by atoms with Crippen LogP contribution in [0.3, 0.4) is 0 Å². The topological polar surface area (TPSA) is 41.5 Å². The first kappa shape index (κ1) is 15.3. The molecule has 0 aromatic heterocycles. The molecule has 1 amide bonds. The van der Waals surface area contributed by atoms with Crippen LogP contribution in [0, 0.1) is 5.41 Å². The van der Waals surface area contributed by atoms with Gasteiger partial charge in [0, 0.05) is 24.4 Å². The summed E-state index contributed by atoms with van der Waals surface area (Å²) in [6.07, 6.45) is 0. The van der Waals surface area contributed by atoms with E-state index in [9.17, 15) is 4.79 Å². The Hall–Kier alpha value is -0.710. The highest BCUT2D eigenvalue weighted by molar-refractivity contribution is 7.47. The maximum Gasteiger partial charge on any atom is 0.225 e. The molecule has 1 N–H and O–H groups in total. The molecule has 6 heteroatoms. The molecule has 0 heterocycles. The van der Waals surface area contributed by atoms with E-state index in [2.05, 4.69) is 22.1 Å². The summed E-state index contributed by atoms with van der Waals surface area (Å²) in [6, 6.07) is 3.41. The molecule has 0 bridgehead atoms. The summed E-state index contributed by atoms with van der Waals surface area (Å²) in [5, 5.41) is 3.59. The molecule has 1 rings (SSSR count). The zero-order valence-corrected chi connectivity index (χ0v) is 12.7. The van der Waals surface area contributed by atoms with E-state index >= 15 is 0 Å². The summed E-state index contributed by atoms with van der Waals surface area (Å²) in [5.41, 5.74) is 0.669. The van der Waals surface area contributed by atoms with Crippen molar-refractivity contribution in [2.24, 2.45) is 9.78 Å². The number of hydrogen-bond donors (Lipinski definition) is 1. The predicted octanol–water partition coefficient (Wildman–Crippen LogP) is 4.02. The lowest BCUT2D eigenvalue weighted by atomic mass is 9.95. The molecule has 0 unspecified atom stereocenters. The standard InChI is InChI=1S/C12H14Cl2N2OS/c1-12(2,3)11(17)15-6-7-4-5-8(13)10(16-18)9(7)14/h4-5H,6H2,1-3H3,(H,15,17). The van der Waals surface area contributed by atoms with Crippen LogP contribution in [0.5, 0.6) is 0 Å². The van der Waals surface area contributed by atoms with Gasteiger partial charge in [-0.3, -0.25) is 4.79 Å². The van der Waals surface area contributed by atoms with E-state index in [1.807, 2.05) is 20.8 Å². The van der Waals surface area contributed by atoms with Crippen molar-refractivity contribution >= 4 is 47.2 Å². The Morgan fingerprint density at radius 3 is 2.50 bits per heavy atom. The molecule has 0 spiro atoms. The largest absolute Gasteiger partial charge is 0.352 e. The Morgan fingerprint density at radius 2 is 2.00 bits per heavy atom. The van der Waals surface area contributed by atoms with Gasteiger partial charge in [0.2, 0.25) is 5.91 Å². The van der Waals surface area contributed by atoms with Crippen LogP contribution < -0.4 is 5.32 Å². The van der Waals surface area contributed by atoms with Gasteiger partial charge in [0.15, 0.2) is 0 Å². The molecule has 3 nitrogen and oxygen atoms in total. The lowest BCUT2D eigenvalue weighted by molar-refractivity contribution is -0.128.